The first-order chi connectivity index (χ1) is 10.6. The fraction of sp³-hybridized carbons (Fsp3) is 0.133. The maximum atomic E-state index is 12.1. The van der Waals surface area contributed by atoms with Crippen LogP contribution in [0, 0.1) is 10.1 Å². The second kappa shape index (κ2) is 5.72. The minimum Gasteiger partial charge on any atom is -0.485 e. The van der Waals surface area contributed by atoms with Crippen LogP contribution in [0.25, 0.3) is 0 Å². The van der Waals surface area contributed by atoms with Crippen LogP contribution in [-0.2, 0) is 0 Å². The lowest BCUT2D eigenvalue weighted by molar-refractivity contribution is -0.384. The average Bonchev–Trinajstić information content (AvgIpc) is 3.00. The van der Waals surface area contributed by atoms with E-state index in [1.165, 1.54) is 24.3 Å². The highest BCUT2D eigenvalue weighted by Gasteiger charge is 2.16. The van der Waals surface area contributed by atoms with Crippen molar-refractivity contribution >= 4 is 11.5 Å². The summed E-state index contributed by atoms with van der Waals surface area (Å²) in [4.78, 5) is 22.1. The van der Waals surface area contributed by atoms with E-state index in [-0.39, 0.29) is 24.9 Å². The van der Waals surface area contributed by atoms with E-state index in [0.717, 1.165) is 0 Å². The molecule has 0 unspecified atom stereocenters. The zero-order valence-electron chi connectivity index (χ0n) is 11.4. The fourth-order valence-electron chi connectivity index (χ4n) is 1.97. The lowest BCUT2D eigenvalue weighted by Crippen LogP contribution is -2.11. The third-order valence-electron chi connectivity index (χ3n) is 3.11. The number of ketones is 1. The molecule has 0 saturated carbocycles. The third kappa shape index (κ3) is 2.83. The first kappa shape index (κ1) is 13.9. The summed E-state index contributed by atoms with van der Waals surface area (Å²) in [5, 5.41) is 10.5. The van der Waals surface area contributed by atoms with E-state index in [9.17, 15) is 14.9 Å². The quantitative estimate of drug-likeness (QED) is 0.479. The van der Waals surface area contributed by atoms with Crippen LogP contribution in [-0.4, -0.2) is 24.1 Å². The minimum atomic E-state index is -0.498. The zero-order valence-corrected chi connectivity index (χ0v) is 11.4. The van der Waals surface area contributed by atoms with Crippen LogP contribution in [0.15, 0.2) is 42.5 Å². The molecule has 0 atom stereocenters. The Bertz CT molecular complexity index is 725. The van der Waals surface area contributed by atoms with Gasteiger partial charge in [-0.1, -0.05) is 0 Å². The van der Waals surface area contributed by atoms with E-state index in [1.54, 1.807) is 18.2 Å². The molecule has 2 aromatic rings. The Labute approximate surface area is 125 Å². The van der Waals surface area contributed by atoms with Crippen molar-refractivity contribution in [2.24, 2.45) is 0 Å². The number of ether oxygens (including phenoxy) is 3. The van der Waals surface area contributed by atoms with Crippen LogP contribution in [0.3, 0.4) is 0 Å². The van der Waals surface area contributed by atoms with Gasteiger partial charge in [-0.25, -0.2) is 0 Å². The van der Waals surface area contributed by atoms with Gasteiger partial charge in [0.25, 0.3) is 5.69 Å². The molecule has 0 fully saturated rings. The second-order valence-corrected chi connectivity index (χ2v) is 4.53. The lowest BCUT2D eigenvalue weighted by Gasteiger charge is -2.06. The van der Waals surface area contributed by atoms with Crippen LogP contribution < -0.4 is 14.2 Å². The molecule has 1 aliphatic rings. The van der Waals surface area contributed by atoms with Gasteiger partial charge in [0.05, 0.1) is 4.92 Å². The van der Waals surface area contributed by atoms with Gasteiger partial charge in [-0.3, -0.25) is 14.9 Å². The predicted octanol–water partition coefficient (Wildman–Crippen LogP) is 2.59. The van der Waals surface area contributed by atoms with E-state index >= 15 is 0 Å². The maximum Gasteiger partial charge on any atom is 0.269 e. The van der Waals surface area contributed by atoms with Crippen molar-refractivity contribution in [2.75, 3.05) is 13.4 Å². The predicted molar refractivity (Wildman–Crippen MR) is 75.5 cm³/mol. The van der Waals surface area contributed by atoms with Crippen molar-refractivity contribution in [3.05, 3.63) is 58.1 Å². The summed E-state index contributed by atoms with van der Waals surface area (Å²) in [7, 11) is 0. The number of fused-ring (bicyclic) bond motifs is 1. The molecule has 22 heavy (non-hydrogen) atoms. The van der Waals surface area contributed by atoms with Crippen molar-refractivity contribution in [2.45, 2.75) is 0 Å². The first-order valence-corrected chi connectivity index (χ1v) is 6.43. The molecule has 112 valence electrons. The molecule has 1 aliphatic heterocycles. The van der Waals surface area contributed by atoms with Crippen LogP contribution in [0.4, 0.5) is 5.69 Å². The number of nitro benzene ring substituents is 1. The summed E-state index contributed by atoms with van der Waals surface area (Å²) < 4.78 is 15.7. The second-order valence-electron chi connectivity index (χ2n) is 4.53. The number of hydrogen-bond donors (Lipinski definition) is 0. The Balaban J connectivity index is 1.63. The van der Waals surface area contributed by atoms with Gasteiger partial charge in [-0.05, 0) is 30.3 Å². The first-order valence-electron chi connectivity index (χ1n) is 6.43. The number of nitrogens with zero attached hydrogens (tertiary/aromatic N) is 1. The van der Waals surface area contributed by atoms with E-state index < -0.39 is 4.92 Å². The Hall–Kier alpha value is -3.09. The number of non-ortho nitro benzene ring substituents is 1. The van der Waals surface area contributed by atoms with E-state index in [4.69, 9.17) is 14.2 Å². The summed E-state index contributed by atoms with van der Waals surface area (Å²) in [6.45, 7) is -0.0241. The number of nitro groups is 1. The third-order valence-corrected chi connectivity index (χ3v) is 3.11. The summed E-state index contributed by atoms with van der Waals surface area (Å²) in [6, 6.07) is 10.4. The molecule has 0 N–H and O–H groups in total. The normalized spacial score (nSPS) is 12.0. The highest BCUT2D eigenvalue weighted by atomic mass is 16.7. The van der Waals surface area contributed by atoms with Gasteiger partial charge in [0.15, 0.2) is 23.9 Å². The van der Waals surface area contributed by atoms with Gasteiger partial charge in [-0.2, -0.15) is 0 Å². The molecule has 3 rings (SSSR count). The number of benzene rings is 2. The molecule has 0 amide bonds. The van der Waals surface area contributed by atoms with Gasteiger partial charge in [0.2, 0.25) is 6.79 Å². The highest BCUT2D eigenvalue weighted by Crippen LogP contribution is 2.32. The molecule has 7 heteroatoms. The van der Waals surface area contributed by atoms with Gasteiger partial charge in [-0.15, -0.1) is 0 Å². The molecular formula is C15H11NO6. The summed E-state index contributed by atoms with van der Waals surface area (Å²) in [5.41, 5.74) is 0.417. The highest BCUT2D eigenvalue weighted by molar-refractivity contribution is 5.97. The number of carbonyl (C=O) groups is 1. The lowest BCUT2D eigenvalue weighted by atomic mass is 10.1. The van der Waals surface area contributed by atoms with Crippen LogP contribution in [0.2, 0.25) is 0 Å². The SMILES string of the molecule is O=C(COc1ccc([N+](=O)[O-])cc1)c1ccc2c(c1)OCO2. The van der Waals surface area contributed by atoms with Crippen molar-refractivity contribution in [1.29, 1.82) is 0 Å². The molecule has 0 aromatic heterocycles. The molecule has 0 saturated heterocycles. The van der Waals surface area contributed by atoms with Crippen LogP contribution in [0.5, 0.6) is 17.2 Å². The fourth-order valence-corrected chi connectivity index (χ4v) is 1.97. The van der Waals surface area contributed by atoms with Crippen molar-refractivity contribution in [3.63, 3.8) is 0 Å². The molecule has 0 aliphatic carbocycles. The van der Waals surface area contributed by atoms with E-state index in [0.29, 0.717) is 22.8 Å². The topological polar surface area (TPSA) is 87.9 Å². The smallest absolute Gasteiger partial charge is 0.269 e. The number of carbonyl (C=O) groups excluding carboxylic acids is 1. The Kier molecular flexibility index (Phi) is 3.61. The maximum absolute atomic E-state index is 12.1. The summed E-state index contributed by atoms with van der Waals surface area (Å²) in [5.74, 6) is 1.30. The van der Waals surface area contributed by atoms with E-state index in [1.807, 2.05) is 0 Å². The summed E-state index contributed by atoms with van der Waals surface area (Å²) in [6.07, 6.45) is 0. The van der Waals surface area contributed by atoms with Crippen LogP contribution in [0.1, 0.15) is 10.4 Å². The van der Waals surface area contributed by atoms with Gasteiger partial charge in [0, 0.05) is 17.7 Å². The molecule has 2 aromatic carbocycles. The molecule has 0 radical (unpaired) electrons. The van der Waals surface area contributed by atoms with Gasteiger partial charge in [0.1, 0.15) is 5.75 Å². The Morgan fingerprint density at radius 3 is 2.59 bits per heavy atom. The zero-order chi connectivity index (χ0) is 15.5. The molecule has 1 heterocycles. The van der Waals surface area contributed by atoms with Gasteiger partial charge < -0.3 is 14.2 Å². The monoisotopic (exact) mass is 301 g/mol. The molecular weight excluding hydrogens is 290 g/mol. The average molecular weight is 301 g/mol. The van der Waals surface area contributed by atoms with Crippen molar-refractivity contribution in [1.82, 2.24) is 0 Å². The standard InChI is InChI=1S/C15H11NO6/c17-13(10-1-6-14-15(7-10)22-9-21-14)8-20-12-4-2-11(3-5-12)16(18)19/h1-7H,8-9H2. The molecule has 0 spiro atoms. The number of rotatable bonds is 5. The Morgan fingerprint density at radius 2 is 1.86 bits per heavy atom. The molecule has 0 bridgehead atoms. The van der Waals surface area contributed by atoms with Crippen molar-refractivity contribution in [3.8, 4) is 17.2 Å². The van der Waals surface area contributed by atoms with Gasteiger partial charge >= 0.3 is 0 Å². The van der Waals surface area contributed by atoms with E-state index in [2.05, 4.69) is 0 Å². The largest absolute Gasteiger partial charge is 0.485 e. The van der Waals surface area contributed by atoms with Crippen molar-refractivity contribution < 1.29 is 23.9 Å². The Morgan fingerprint density at radius 1 is 1.14 bits per heavy atom. The van der Waals surface area contributed by atoms with Crippen LogP contribution >= 0.6 is 0 Å². The molecule has 7 nitrogen and oxygen atoms in total. The summed E-state index contributed by atoms with van der Waals surface area (Å²) >= 11 is 0. The minimum absolute atomic E-state index is 0.0329. The number of hydrogen-bond acceptors (Lipinski definition) is 6. The number of Topliss-reactive ketones (excluding diaryl/α,β-unsaturated/α-hetero) is 1.